The number of hydrogen-bond donors (Lipinski definition) is 0. The number of aryl methyl sites for hydroxylation is 1. The van der Waals surface area contributed by atoms with Crippen molar-refractivity contribution in [1.29, 1.82) is 0 Å². The van der Waals surface area contributed by atoms with E-state index in [1.54, 1.807) is 7.11 Å². The molecule has 2 atom stereocenters. The second kappa shape index (κ2) is 11.1. The molecule has 0 fully saturated rings. The van der Waals surface area contributed by atoms with E-state index in [-0.39, 0.29) is 0 Å². The highest BCUT2D eigenvalue weighted by Crippen LogP contribution is 2.47. The minimum atomic E-state index is 0.494. The van der Waals surface area contributed by atoms with Gasteiger partial charge in [0.15, 0.2) is 0 Å². The van der Waals surface area contributed by atoms with Gasteiger partial charge in [-0.2, -0.15) is 0 Å². The molecule has 0 bridgehead atoms. The lowest BCUT2D eigenvalue weighted by atomic mass is 9.75. The van der Waals surface area contributed by atoms with Gasteiger partial charge in [0.25, 0.3) is 0 Å². The molecule has 0 saturated carbocycles. The fourth-order valence-corrected chi connectivity index (χ4v) is 5.18. The van der Waals surface area contributed by atoms with Crippen molar-refractivity contribution in [1.82, 2.24) is 0 Å². The summed E-state index contributed by atoms with van der Waals surface area (Å²) in [6.07, 6.45) is 4.47. The molecule has 0 aliphatic carbocycles. The van der Waals surface area contributed by atoms with Crippen LogP contribution in [0.5, 0.6) is 5.75 Å². The molecule has 1 heteroatoms. The number of hydrogen-bond acceptors (Lipinski definition) is 1. The van der Waals surface area contributed by atoms with Crippen LogP contribution in [0.2, 0.25) is 0 Å². The van der Waals surface area contributed by atoms with E-state index in [1.807, 2.05) is 0 Å². The maximum atomic E-state index is 5.78. The molecule has 1 nitrogen and oxygen atoms in total. The molecule has 0 radical (unpaired) electrons. The summed E-state index contributed by atoms with van der Waals surface area (Å²) in [5.41, 5.74) is 12.7. The highest BCUT2D eigenvalue weighted by molar-refractivity contribution is 5.87. The predicted molar refractivity (Wildman–Crippen MR) is 145 cm³/mol. The monoisotopic (exact) mass is 442 g/mol. The van der Waals surface area contributed by atoms with Crippen molar-refractivity contribution in [3.05, 3.63) is 76.3 Å². The first-order valence-electron chi connectivity index (χ1n) is 12.8. The van der Waals surface area contributed by atoms with Gasteiger partial charge in [-0.25, -0.2) is 0 Å². The summed E-state index contributed by atoms with van der Waals surface area (Å²) in [5, 5.41) is 0. The van der Waals surface area contributed by atoms with E-state index >= 15 is 0 Å². The van der Waals surface area contributed by atoms with E-state index in [9.17, 15) is 0 Å². The van der Waals surface area contributed by atoms with Crippen LogP contribution in [-0.4, -0.2) is 7.11 Å². The van der Waals surface area contributed by atoms with Crippen LogP contribution in [0.15, 0.2) is 48.5 Å². The summed E-state index contributed by atoms with van der Waals surface area (Å²) in [6, 6.07) is 17.9. The topological polar surface area (TPSA) is 9.23 Å². The lowest BCUT2D eigenvalue weighted by Crippen LogP contribution is -2.09. The van der Waals surface area contributed by atoms with Gasteiger partial charge in [-0.15, -0.1) is 0 Å². The van der Waals surface area contributed by atoms with Crippen LogP contribution in [0.4, 0.5) is 0 Å². The summed E-state index contributed by atoms with van der Waals surface area (Å²) < 4.78 is 5.78. The van der Waals surface area contributed by atoms with Crippen molar-refractivity contribution in [2.45, 2.75) is 86.0 Å². The molecule has 0 saturated heterocycles. The summed E-state index contributed by atoms with van der Waals surface area (Å²) in [7, 11) is 1.78. The zero-order valence-corrected chi connectivity index (χ0v) is 22.0. The molecule has 0 aromatic heterocycles. The van der Waals surface area contributed by atoms with Gasteiger partial charge in [-0.3, -0.25) is 0 Å². The van der Waals surface area contributed by atoms with Gasteiger partial charge in [-0.05, 0) is 101 Å². The molecular formula is C32H42O. The van der Waals surface area contributed by atoms with Gasteiger partial charge in [0.2, 0.25) is 0 Å². The summed E-state index contributed by atoms with van der Waals surface area (Å²) in [6.45, 7) is 16.2. The van der Waals surface area contributed by atoms with E-state index in [0.29, 0.717) is 11.8 Å². The third-order valence-electron chi connectivity index (χ3n) is 7.43. The maximum Gasteiger partial charge on any atom is 0.122 e. The largest absolute Gasteiger partial charge is 0.496 e. The van der Waals surface area contributed by atoms with Crippen LogP contribution >= 0.6 is 0 Å². The highest BCUT2D eigenvalue weighted by Gasteiger charge is 2.26. The fraction of sp³-hybridized carbons (Fsp3) is 0.438. The van der Waals surface area contributed by atoms with E-state index in [1.165, 1.54) is 50.1 Å². The molecule has 33 heavy (non-hydrogen) atoms. The number of methoxy groups -OCH3 is 1. The quantitative estimate of drug-likeness (QED) is 0.320. The van der Waals surface area contributed by atoms with Crippen molar-refractivity contribution >= 4 is 0 Å². The first-order valence-corrected chi connectivity index (χ1v) is 12.8. The molecule has 0 heterocycles. The number of benzene rings is 3. The molecule has 2 unspecified atom stereocenters. The SMILES string of the molecule is CCCc1c(-c2ccccc2)c(C(C)CC)cc(C(C)CC)c1-c1c(C)ccc(OC)c1C. The molecule has 3 aromatic rings. The molecule has 0 aliphatic rings. The molecule has 0 N–H and O–H groups in total. The van der Waals surface area contributed by atoms with Gasteiger partial charge in [0.05, 0.1) is 7.11 Å². The lowest BCUT2D eigenvalue weighted by Gasteiger charge is -2.29. The van der Waals surface area contributed by atoms with Crippen LogP contribution in [0, 0.1) is 13.8 Å². The smallest absolute Gasteiger partial charge is 0.122 e. The molecule has 0 amide bonds. The first-order chi connectivity index (χ1) is 15.9. The Morgan fingerprint density at radius 1 is 0.758 bits per heavy atom. The van der Waals surface area contributed by atoms with Crippen LogP contribution in [-0.2, 0) is 6.42 Å². The van der Waals surface area contributed by atoms with Crippen molar-refractivity contribution in [2.75, 3.05) is 7.11 Å². The number of rotatable bonds is 9. The van der Waals surface area contributed by atoms with Crippen LogP contribution in [0.1, 0.15) is 93.5 Å². The zero-order chi connectivity index (χ0) is 24.1. The Morgan fingerprint density at radius 2 is 1.36 bits per heavy atom. The van der Waals surface area contributed by atoms with Crippen molar-refractivity contribution in [2.24, 2.45) is 0 Å². The van der Waals surface area contributed by atoms with E-state index in [2.05, 4.69) is 97.0 Å². The average molecular weight is 443 g/mol. The second-order valence-electron chi connectivity index (χ2n) is 9.60. The first kappa shape index (κ1) is 25.1. The molecule has 3 aromatic carbocycles. The molecule has 3 rings (SSSR count). The van der Waals surface area contributed by atoms with Crippen LogP contribution in [0.3, 0.4) is 0 Å². The van der Waals surface area contributed by atoms with E-state index in [0.717, 1.165) is 31.4 Å². The van der Waals surface area contributed by atoms with E-state index < -0.39 is 0 Å². The van der Waals surface area contributed by atoms with Crippen molar-refractivity contribution in [3.63, 3.8) is 0 Å². The third-order valence-corrected chi connectivity index (χ3v) is 7.43. The van der Waals surface area contributed by atoms with E-state index in [4.69, 9.17) is 4.74 Å². The molecular weight excluding hydrogens is 400 g/mol. The van der Waals surface area contributed by atoms with Gasteiger partial charge >= 0.3 is 0 Å². The summed E-state index contributed by atoms with van der Waals surface area (Å²) in [5.74, 6) is 1.98. The summed E-state index contributed by atoms with van der Waals surface area (Å²) >= 11 is 0. The normalized spacial score (nSPS) is 13.1. The van der Waals surface area contributed by atoms with Gasteiger partial charge < -0.3 is 4.74 Å². The minimum Gasteiger partial charge on any atom is -0.496 e. The fourth-order valence-electron chi connectivity index (χ4n) is 5.18. The van der Waals surface area contributed by atoms with Crippen LogP contribution in [0.25, 0.3) is 22.3 Å². The maximum absolute atomic E-state index is 5.78. The molecule has 0 aliphatic heterocycles. The van der Waals surface area contributed by atoms with Crippen molar-refractivity contribution < 1.29 is 4.74 Å². The standard InChI is InChI=1S/C32H42O/c1-9-15-26-31(25-16-13-12-14-17-25)27(21(4)10-2)20-28(22(5)11-3)32(26)30-23(6)18-19-29(33-8)24(30)7/h12-14,16-22H,9-11,15H2,1-8H3. The Balaban J connectivity index is 2.56. The number of ether oxygens (including phenoxy) is 1. The van der Waals surface area contributed by atoms with Gasteiger partial charge in [0.1, 0.15) is 5.75 Å². The lowest BCUT2D eigenvalue weighted by molar-refractivity contribution is 0.412. The predicted octanol–water partition coefficient (Wildman–Crippen LogP) is 9.63. The third kappa shape index (κ3) is 4.88. The molecule has 0 spiro atoms. The zero-order valence-electron chi connectivity index (χ0n) is 22.0. The Labute approximate surface area is 202 Å². The highest BCUT2D eigenvalue weighted by atomic mass is 16.5. The second-order valence-corrected chi connectivity index (χ2v) is 9.60. The Bertz CT molecular complexity index is 1080. The van der Waals surface area contributed by atoms with Gasteiger partial charge in [-0.1, -0.05) is 83.5 Å². The van der Waals surface area contributed by atoms with Crippen molar-refractivity contribution in [3.8, 4) is 28.0 Å². The van der Waals surface area contributed by atoms with Crippen LogP contribution < -0.4 is 4.74 Å². The Kier molecular flexibility index (Phi) is 8.40. The molecule has 176 valence electrons. The summed E-state index contributed by atoms with van der Waals surface area (Å²) in [4.78, 5) is 0. The Hall–Kier alpha value is -2.54. The average Bonchev–Trinajstić information content (AvgIpc) is 2.84. The van der Waals surface area contributed by atoms with Gasteiger partial charge in [0, 0.05) is 0 Å². The Morgan fingerprint density at radius 3 is 1.91 bits per heavy atom. The minimum absolute atomic E-state index is 0.494.